The third-order valence-electron chi connectivity index (χ3n) is 4.77. The second-order valence-corrected chi connectivity index (χ2v) is 9.38. The Bertz CT molecular complexity index is 936. The Labute approximate surface area is 159 Å². The van der Waals surface area contributed by atoms with Crippen LogP contribution < -0.4 is 5.32 Å². The van der Waals surface area contributed by atoms with Crippen molar-refractivity contribution in [3.63, 3.8) is 0 Å². The van der Waals surface area contributed by atoms with E-state index in [1.54, 1.807) is 0 Å². The van der Waals surface area contributed by atoms with Gasteiger partial charge in [-0.1, -0.05) is 29.3 Å². The maximum absolute atomic E-state index is 12.4. The third-order valence-corrected chi connectivity index (χ3v) is 6.76. The number of amides is 1. The van der Waals surface area contributed by atoms with E-state index in [1.807, 2.05) is 0 Å². The Morgan fingerprint density at radius 3 is 2.58 bits per heavy atom. The predicted octanol–water partition coefficient (Wildman–Crippen LogP) is 3.92. The van der Waals surface area contributed by atoms with E-state index < -0.39 is 9.84 Å². The summed E-state index contributed by atoms with van der Waals surface area (Å²) in [5, 5.41) is 3.48. The fourth-order valence-corrected chi connectivity index (χ4v) is 4.98. The number of aryl methyl sites for hydroxylation is 3. The fourth-order valence-electron chi connectivity index (χ4n) is 3.61. The SMILES string of the molecule is Cc1cc(C)c2c(c1)CCC2NC(=O)CCS(=O)(=O)c1ccc(Cl)cc1. The highest BCUT2D eigenvalue weighted by Crippen LogP contribution is 2.34. The lowest BCUT2D eigenvalue weighted by Crippen LogP contribution is -2.29. The summed E-state index contributed by atoms with van der Waals surface area (Å²) < 4.78 is 24.7. The number of carbonyl (C=O) groups excluding carboxylic acids is 1. The van der Waals surface area contributed by atoms with Gasteiger partial charge in [-0.2, -0.15) is 0 Å². The predicted molar refractivity (Wildman–Crippen MR) is 103 cm³/mol. The minimum Gasteiger partial charge on any atom is -0.349 e. The van der Waals surface area contributed by atoms with Gasteiger partial charge in [-0.05, 0) is 67.6 Å². The van der Waals surface area contributed by atoms with Crippen molar-refractivity contribution >= 4 is 27.3 Å². The number of hydrogen-bond donors (Lipinski definition) is 1. The number of nitrogens with one attached hydrogen (secondary N) is 1. The van der Waals surface area contributed by atoms with Crippen LogP contribution in [0.4, 0.5) is 0 Å². The molecule has 3 rings (SSSR count). The average molecular weight is 392 g/mol. The lowest BCUT2D eigenvalue weighted by molar-refractivity contribution is -0.121. The van der Waals surface area contributed by atoms with Crippen molar-refractivity contribution in [3.8, 4) is 0 Å². The fraction of sp³-hybridized carbons (Fsp3) is 0.350. The summed E-state index contributed by atoms with van der Waals surface area (Å²) in [5.41, 5.74) is 4.87. The molecule has 1 unspecified atom stereocenters. The van der Waals surface area contributed by atoms with Gasteiger partial charge in [-0.3, -0.25) is 4.79 Å². The topological polar surface area (TPSA) is 63.2 Å². The van der Waals surface area contributed by atoms with Crippen molar-refractivity contribution < 1.29 is 13.2 Å². The maximum Gasteiger partial charge on any atom is 0.221 e. The zero-order chi connectivity index (χ0) is 18.9. The third kappa shape index (κ3) is 4.10. The monoisotopic (exact) mass is 391 g/mol. The van der Waals surface area contributed by atoms with E-state index in [4.69, 9.17) is 11.6 Å². The van der Waals surface area contributed by atoms with Gasteiger partial charge >= 0.3 is 0 Å². The first-order chi connectivity index (χ1) is 12.3. The van der Waals surface area contributed by atoms with Crippen LogP contribution in [0.5, 0.6) is 0 Å². The average Bonchev–Trinajstić information content (AvgIpc) is 2.96. The number of hydrogen-bond acceptors (Lipinski definition) is 3. The van der Waals surface area contributed by atoms with Gasteiger partial charge in [0.05, 0.1) is 16.7 Å². The molecular formula is C20H22ClNO3S. The summed E-state index contributed by atoms with van der Waals surface area (Å²) in [6.45, 7) is 4.13. The summed E-state index contributed by atoms with van der Waals surface area (Å²) in [7, 11) is -3.50. The summed E-state index contributed by atoms with van der Waals surface area (Å²) >= 11 is 5.79. The van der Waals surface area contributed by atoms with Crippen LogP contribution in [0.25, 0.3) is 0 Å². The first-order valence-corrected chi connectivity index (χ1v) is 10.7. The van der Waals surface area contributed by atoms with Crippen LogP contribution in [0, 0.1) is 13.8 Å². The molecule has 138 valence electrons. The summed E-state index contributed by atoms with van der Waals surface area (Å²) in [5.74, 6) is -0.451. The van der Waals surface area contributed by atoms with E-state index in [2.05, 4.69) is 31.3 Å². The highest BCUT2D eigenvalue weighted by molar-refractivity contribution is 7.91. The number of fused-ring (bicyclic) bond motifs is 1. The van der Waals surface area contributed by atoms with E-state index in [0.717, 1.165) is 12.8 Å². The first kappa shape index (κ1) is 18.9. The second-order valence-electron chi connectivity index (χ2n) is 6.84. The molecule has 1 aliphatic rings. The van der Waals surface area contributed by atoms with Crippen LogP contribution in [0.3, 0.4) is 0 Å². The number of carbonyl (C=O) groups is 1. The van der Waals surface area contributed by atoms with Gasteiger partial charge < -0.3 is 5.32 Å². The quantitative estimate of drug-likeness (QED) is 0.840. The largest absolute Gasteiger partial charge is 0.349 e. The summed E-state index contributed by atoms with van der Waals surface area (Å²) in [4.78, 5) is 12.5. The van der Waals surface area contributed by atoms with Crippen LogP contribution in [0.15, 0.2) is 41.3 Å². The molecule has 1 N–H and O–H groups in total. The number of benzene rings is 2. The van der Waals surface area contributed by atoms with Crippen LogP contribution in [0.1, 0.15) is 41.1 Å². The summed E-state index contributed by atoms with van der Waals surface area (Å²) in [6.07, 6.45) is 1.74. The van der Waals surface area contributed by atoms with Gasteiger partial charge in [0.25, 0.3) is 0 Å². The summed E-state index contributed by atoms with van der Waals surface area (Å²) in [6, 6.07) is 10.3. The van der Waals surface area contributed by atoms with Crippen molar-refractivity contribution in [1.29, 1.82) is 0 Å². The standard InChI is InChI=1S/C20H22ClNO3S/c1-13-11-14(2)20-15(12-13)3-8-18(20)22-19(23)9-10-26(24,25)17-6-4-16(21)5-7-17/h4-7,11-12,18H,3,8-10H2,1-2H3,(H,22,23). The number of halogens is 1. The van der Waals surface area contributed by atoms with Crippen molar-refractivity contribution in [1.82, 2.24) is 5.32 Å². The molecule has 1 amide bonds. The minimum atomic E-state index is -3.50. The smallest absolute Gasteiger partial charge is 0.221 e. The second kappa shape index (κ2) is 7.41. The van der Waals surface area contributed by atoms with Gasteiger partial charge in [-0.25, -0.2) is 8.42 Å². The van der Waals surface area contributed by atoms with Gasteiger partial charge in [0.1, 0.15) is 0 Å². The van der Waals surface area contributed by atoms with Gasteiger partial charge in [0.2, 0.25) is 5.91 Å². The van der Waals surface area contributed by atoms with Gasteiger partial charge in [-0.15, -0.1) is 0 Å². The molecule has 0 heterocycles. The Balaban J connectivity index is 1.63. The van der Waals surface area contributed by atoms with Gasteiger partial charge in [0.15, 0.2) is 9.84 Å². The molecule has 0 aliphatic heterocycles. The molecule has 0 spiro atoms. The normalized spacial score (nSPS) is 16.3. The lowest BCUT2D eigenvalue weighted by Gasteiger charge is -2.17. The van der Waals surface area contributed by atoms with Crippen LogP contribution in [-0.4, -0.2) is 20.1 Å². The van der Waals surface area contributed by atoms with Crippen molar-refractivity contribution in [2.75, 3.05) is 5.75 Å². The van der Waals surface area contributed by atoms with E-state index in [-0.39, 0.29) is 29.0 Å². The molecule has 0 radical (unpaired) electrons. The molecule has 26 heavy (non-hydrogen) atoms. The maximum atomic E-state index is 12.4. The molecule has 1 aliphatic carbocycles. The first-order valence-electron chi connectivity index (χ1n) is 8.64. The molecule has 6 heteroatoms. The molecule has 2 aromatic rings. The molecule has 2 aromatic carbocycles. The minimum absolute atomic E-state index is 0.0312. The highest BCUT2D eigenvalue weighted by atomic mass is 35.5. The van der Waals surface area contributed by atoms with Crippen molar-refractivity contribution in [3.05, 3.63) is 63.7 Å². The van der Waals surface area contributed by atoms with E-state index >= 15 is 0 Å². The highest BCUT2D eigenvalue weighted by Gasteiger charge is 2.26. The van der Waals surface area contributed by atoms with Crippen LogP contribution in [0.2, 0.25) is 5.02 Å². The molecule has 0 fully saturated rings. The molecule has 4 nitrogen and oxygen atoms in total. The Kier molecular flexibility index (Phi) is 5.39. The van der Waals surface area contributed by atoms with Crippen LogP contribution in [-0.2, 0) is 21.1 Å². The zero-order valence-electron chi connectivity index (χ0n) is 14.9. The van der Waals surface area contributed by atoms with Crippen molar-refractivity contribution in [2.24, 2.45) is 0 Å². The number of sulfone groups is 1. The van der Waals surface area contributed by atoms with Crippen molar-refractivity contribution in [2.45, 2.75) is 44.0 Å². The van der Waals surface area contributed by atoms with E-state index in [0.29, 0.717) is 5.02 Å². The lowest BCUT2D eigenvalue weighted by atomic mass is 9.99. The molecule has 0 bridgehead atoms. The molecule has 0 saturated carbocycles. The van der Waals surface area contributed by atoms with E-state index in [1.165, 1.54) is 46.5 Å². The molecular weight excluding hydrogens is 370 g/mol. The molecule has 0 saturated heterocycles. The Hall–Kier alpha value is -1.85. The Morgan fingerprint density at radius 1 is 1.19 bits per heavy atom. The molecule has 0 aromatic heterocycles. The zero-order valence-corrected chi connectivity index (χ0v) is 16.5. The van der Waals surface area contributed by atoms with Gasteiger partial charge in [0, 0.05) is 11.4 Å². The van der Waals surface area contributed by atoms with E-state index in [9.17, 15) is 13.2 Å². The molecule has 1 atom stereocenters. The number of rotatable bonds is 5. The van der Waals surface area contributed by atoms with Crippen LogP contribution >= 0.6 is 11.6 Å². The Morgan fingerprint density at radius 2 is 1.88 bits per heavy atom.